The highest BCUT2D eigenvalue weighted by atomic mass is 35.5. The molecule has 4 aromatic carbocycles. The second-order valence-corrected chi connectivity index (χ2v) is 9.14. The third-order valence-corrected chi connectivity index (χ3v) is 6.46. The molecule has 1 aliphatic heterocycles. The maximum atomic E-state index is 13.5. The van der Waals surface area contributed by atoms with Crippen molar-refractivity contribution in [1.29, 1.82) is 0 Å². The Bertz CT molecular complexity index is 1700. The van der Waals surface area contributed by atoms with Gasteiger partial charge >= 0.3 is 12.2 Å². The molecule has 0 unspecified atom stereocenters. The SMILES string of the molecule is O=C1NC(=O)N(c2cc(C(F)(F)F)ccc2Cl)C(=O)/C1=C\c1c(OCc2ccc(F)cc2)ccc2ccccc12. The number of carbonyl (C=O) groups is 3. The second kappa shape index (κ2) is 10.5. The average Bonchev–Trinajstić information content (AvgIpc) is 2.91. The number of rotatable bonds is 5. The van der Waals surface area contributed by atoms with Crippen molar-refractivity contribution < 1.29 is 36.7 Å². The van der Waals surface area contributed by atoms with Gasteiger partial charge in [-0.3, -0.25) is 14.9 Å². The van der Waals surface area contributed by atoms with Gasteiger partial charge in [0, 0.05) is 5.56 Å². The van der Waals surface area contributed by atoms with Crippen LogP contribution >= 0.6 is 11.6 Å². The van der Waals surface area contributed by atoms with Crippen molar-refractivity contribution in [2.75, 3.05) is 4.90 Å². The number of alkyl halides is 3. The van der Waals surface area contributed by atoms with Gasteiger partial charge in [0.2, 0.25) is 0 Å². The van der Waals surface area contributed by atoms with E-state index in [1.54, 1.807) is 36.4 Å². The standard InChI is InChI=1S/C29H17ClF4N2O4/c30-23-11-8-18(29(32,33)34)13-24(23)36-27(38)22(26(37)35-28(36)39)14-21-20-4-2-1-3-17(20)7-12-25(21)40-15-16-5-9-19(31)10-6-16/h1-14H,15H2,(H,35,37,39)/b22-14-. The number of ether oxygens (including phenoxy) is 1. The molecule has 4 aromatic rings. The van der Waals surface area contributed by atoms with Gasteiger partial charge in [0.05, 0.1) is 16.3 Å². The Labute approximate surface area is 229 Å². The van der Waals surface area contributed by atoms with Crippen molar-refractivity contribution in [3.8, 4) is 5.75 Å². The fourth-order valence-electron chi connectivity index (χ4n) is 4.17. The Kier molecular flexibility index (Phi) is 7.03. The van der Waals surface area contributed by atoms with Gasteiger partial charge in [0.15, 0.2) is 0 Å². The Balaban J connectivity index is 1.59. The van der Waals surface area contributed by atoms with Crippen LogP contribution in [-0.2, 0) is 22.4 Å². The smallest absolute Gasteiger partial charge is 0.416 e. The van der Waals surface area contributed by atoms with Crippen LogP contribution in [0.2, 0.25) is 5.02 Å². The Morgan fingerprint density at radius 2 is 1.65 bits per heavy atom. The van der Waals surface area contributed by atoms with Crippen LogP contribution in [0.25, 0.3) is 16.8 Å². The van der Waals surface area contributed by atoms with E-state index < -0.39 is 46.7 Å². The number of halogens is 5. The van der Waals surface area contributed by atoms with E-state index in [9.17, 15) is 31.9 Å². The summed E-state index contributed by atoms with van der Waals surface area (Å²) in [5, 5.41) is 3.01. The summed E-state index contributed by atoms with van der Waals surface area (Å²) in [5.41, 5.74) is -1.25. The third-order valence-electron chi connectivity index (χ3n) is 6.14. The molecule has 0 aromatic heterocycles. The maximum Gasteiger partial charge on any atom is 0.416 e. The first-order valence-corrected chi connectivity index (χ1v) is 12.1. The largest absolute Gasteiger partial charge is 0.488 e. The first-order chi connectivity index (χ1) is 19.0. The molecule has 0 aliphatic carbocycles. The number of imide groups is 2. The van der Waals surface area contributed by atoms with Crippen LogP contribution in [0, 0.1) is 5.82 Å². The van der Waals surface area contributed by atoms with E-state index in [1.165, 1.54) is 30.3 Å². The molecule has 0 radical (unpaired) electrons. The summed E-state index contributed by atoms with van der Waals surface area (Å²) < 4.78 is 59.3. The molecule has 1 aliphatic rings. The predicted molar refractivity (Wildman–Crippen MR) is 140 cm³/mol. The normalized spacial score (nSPS) is 15.1. The third kappa shape index (κ3) is 5.26. The molecule has 1 saturated heterocycles. The number of anilines is 1. The molecular weight excluding hydrogens is 552 g/mol. The number of fused-ring (bicyclic) bond motifs is 1. The van der Waals surface area contributed by atoms with Gasteiger partial charge in [0.1, 0.15) is 23.7 Å². The summed E-state index contributed by atoms with van der Waals surface area (Å²) >= 11 is 6.08. The molecule has 0 spiro atoms. The van der Waals surface area contributed by atoms with Gasteiger partial charge in [-0.05, 0) is 58.8 Å². The van der Waals surface area contributed by atoms with Crippen molar-refractivity contribution in [2.24, 2.45) is 0 Å². The number of barbiturate groups is 1. The molecule has 1 N–H and O–H groups in total. The molecule has 0 atom stereocenters. The van der Waals surface area contributed by atoms with Gasteiger partial charge < -0.3 is 4.74 Å². The van der Waals surface area contributed by atoms with Crippen LogP contribution in [0.3, 0.4) is 0 Å². The van der Waals surface area contributed by atoms with Gasteiger partial charge in [0.25, 0.3) is 11.8 Å². The minimum absolute atomic E-state index is 0.0272. The molecule has 1 fully saturated rings. The van der Waals surface area contributed by atoms with E-state index in [2.05, 4.69) is 0 Å². The van der Waals surface area contributed by atoms with Crippen molar-refractivity contribution in [2.45, 2.75) is 12.8 Å². The minimum atomic E-state index is -4.77. The molecule has 4 amide bonds. The maximum absolute atomic E-state index is 13.5. The second-order valence-electron chi connectivity index (χ2n) is 8.74. The zero-order valence-electron chi connectivity index (χ0n) is 20.3. The molecule has 0 bridgehead atoms. The summed E-state index contributed by atoms with van der Waals surface area (Å²) in [6.07, 6.45) is -3.57. The number of nitrogens with zero attached hydrogens (tertiary/aromatic N) is 1. The first-order valence-electron chi connectivity index (χ1n) is 11.7. The van der Waals surface area contributed by atoms with Crippen LogP contribution in [0.4, 0.5) is 28.0 Å². The van der Waals surface area contributed by atoms with Gasteiger partial charge in [-0.15, -0.1) is 0 Å². The molecule has 1 heterocycles. The number of amides is 4. The summed E-state index contributed by atoms with van der Waals surface area (Å²) in [6.45, 7) is 0.0272. The molecule has 0 saturated carbocycles. The van der Waals surface area contributed by atoms with Gasteiger partial charge in [-0.2, -0.15) is 13.2 Å². The fourth-order valence-corrected chi connectivity index (χ4v) is 4.38. The number of hydrogen-bond donors (Lipinski definition) is 1. The van der Waals surface area contributed by atoms with Crippen molar-refractivity contribution in [3.05, 3.63) is 112 Å². The number of carbonyl (C=O) groups excluding carboxylic acids is 3. The van der Waals surface area contributed by atoms with E-state index in [4.69, 9.17) is 16.3 Å². The molecular formula is C29H17ClF4N2O4. The highest BCUT2D eigenvalue weighted by Gasteiger charge is 2.39. The summed E-state index contributed by atoms with van der Waals surface area (Å²) in [5.74, 6) is -2.38. The van der Waals surface area contributed by atoms with Gasteiger partial charge in [-0.25, -0.2) is 14.1 Å². The number of urea groups is 1. The highest BCUT2D eigenvalue weighted by molar-refractivity contribution is 6.42. The average molecular weight is 569 g/mol. The summed E-state index contributed by atoms with van der Waals surface area (Å²) in [4.78, 5) is 39.3. The lowest BCUT2D eigenvalue weighted by molar-refractivity contribution is -0.137. The van der Waals surface area contributed by atoms with Gasteiger partial charge in [-0.1, -0.05) is 54.1 Å². The van der Waals surface area contributed by atoms with Crippen molar-refractivity contribution in [1.82, 2.24) is 5.32 Å². The number of hydrogen-bond acceptors (Lipinski definition) is 4. The zero-order chi connectivity index (χ0) is 28.6. The van der Waals surface area contributed by atoms with Crippen molar-refractivity contribution >= 4 is 52.0 Å². The lowest BCUT2D eigenvalue weighted by Crippen LogP contribution is -2.54. The summed E-state index contributed by atoms with van der Waals surface area (Å²) in [6, 6.07) is 17.0. The van der Waals surface area contributed by atoms with Crippen LogP contribution in [0.5, 0.6) is 5.75 Å². The predicted octanol–water partition coefficient (Wildman–Crippen LogP) is 6.90. The highest BCUT2D eigenvalue weighted by Crippen LogP contribution is 2.37. The molecule has 5 rings (SSSR count). The minimum Gasteiger partial charge on any atom is -0.488 e. The Morgan fingerprint density at radius 1 is 0.925 bits per heavy atom. The Hall–Kier alpha value is -4.70. The van der Waals surface area contributed by atoms with Crippen LogP contribution in [0.15, 0.2) is 84.4 Å². The van der Waals surface area contributed by atoms with Crippen LogP contribution < -0.4 is 15.0 Å². The first kappa shape index (κ1) is 26.9. The summed E-state index contributed by atoms with van der Waals surface area (Å²) in [7, 11) is 0. The topological polar surface area (TPSA) is 75.7 Å². The molecule has 6 nitrogen and oxygen atoms in total. The van der Waals surface area contributed by atoms with E-state index in [0.717, 1.165) is 11.5 Å². The van der Waals surface area contributed by atoms with E-state index >= 15 is 0 Å². The lowest BCUT2D eigenvalue weighted by atomic mass is 9.99. The quantitative estimate of drug-likeness (QED) is 0.161. The molecule has 11 heteroatoms. The number of benzene rings is 4. The fraction of sp³-hybridized carbons (Fsp3) is 0.0690. The van der Waals surface area contributed by atoms with E-state index in [-0.39, 0.29) is 17.4 Å². The van der Waals surface area contributed by atoms with E-state index in [0.29, 0.717) is 33.5 Å². The van der Waals surface area contributed by atoms with Crippen LogP contribution in [-0.4, -0.2) is 17.8 Å². The van der Waals surface area contributed by atoms with Crippen LogP contribution in [0.1, 0.15) is 16.7 Å². The Morgan fingerprint density at radius 3 is 2.38 bits per heavy atom. The monoisotopic (exact) mass is 568 g/mol. The molecule has 40 heavy (non-hydrogen) atoms. The zero-order valence-corrected chi connectivity index (χ0v) is 21.0. The number of nitrogens with one attached hydrogen (secondary N) is 1. The van der Waals surface area contributed by atoms with Crippen molar-refractivity contribution in [3.63, 3.8) is 0 Å². The van der Waals surface area contributed by atoms with E-state index in [1.807, 2.05) is 5.32 Å². The molecule has 202 valence electrons. The lowest BCUT2D eigenvalue weighted by Gasteiger charge is -2.27.